The number of amides is 1. The van der Waals surface area contributed by atoms with Crippen LogP contribution in [0, 0.1) is 5.82 Å². The quantitative estimate of drug-likeness (QED) is 0.244. The van der Waals surface area contributed by atoms with Gasteiger partial charge in [0, 0.05) is 34.7 Å². The number of hydrogen-bond acceptors (Lipinski definition) is 6. The first-order chi connectivity index (χ1) is 19.3. The average molecular weight is 592 g/mol. The van der Waals surface area contributed by atoms with Crippen LogP contribution < -0.4 is 16.0 Å². The molecular weight excluding hydrogens is 570 g/mol. The highest BCUT2D eigenvalue weighted by molar-refractivity contribution is 6.31. The highest BCUT2D eigenvalue weighted by Gasteiger charge is 2.36. The summed E-state index contributed by atoms with van der Waals surface area (Å²) in [6.07, 6.45) is -3.48. The second-order valence-electron chi connectivity index (χ2n) is 9.01. The Morgan fingerprint density at radius 3 is 2.41 bits per heavy atom. The van der Waals surface area contributed by atoms with Gasteiger partial charge in [-0.15, -0.1) is 0 Å². The Balaban J connectivity index is 1.74. The van der Waals surface area contributed by atoms with E-state index >= 15 is 0 Å². The number of methoxy groups -OCH3 is 1. The van der Waals surface area contributed by atoms with Gasteiger partial charge in [-0.2, -0.15) is 13.2 Å². The summed E-state index contributed by atoms with van der Waals surface area (Å²) in [5.74, 6) is -3.41. The molecule has 1 amide bonds. The number of Topliss-reactive ketones (excluding diaryl/α,β-unsaturated/α-hetero) is 1. The number of pyridine rings is 1. The monoisotopic (exact) mass is 591 g/mol. The van der Waals surface area contributed by atoms with Crippen LogP contribution in [0.2, 0.25) is 5.02 Å². The zero-order valence-corrected chi connectivity index (χ0v) is 22.3. The standard InChI is InChI=1S/C28H22ClF4N3O5/c1-3-22(23(37)9-14-4-6-17(27(34)39)20(30)8-14)36-13-24(40-2)19(11-26(36)38)18-10-15(29)5-7-16(18)21-12-25(41-35-21)28(31,32)33/h4-8,10-13,22H,3,9H2,1-2H3,(H2,34,39). The van der Waals surface area contributed by atoms with E-state index in [9.17, 15) is 31.9 Å². The van der Waals surface area contributed by atoms with Crippen molar-refractivity contribution in [3.63, 3.8) is 0 Å². The molecule has 2 heterocycles. The topological polar surface area (TPSA) is 117 Å². The van der Waals surface area contributed by atoms with Gasteiger partial charge in [0.25, 0.3) is 11.5 Å². The molecule has 0 bridgehead atoms. The molecule has 0 aliphatic heterocycles. The molecule has 0 spiro atoms. The van der Waals surface area contributed by atoms with Crippen LogP contribution in [0.15, 0.2) is 64.0 Å². The summed E-state index contributed by atoms with van der Waals surface area (Å²) in [5.41, 5.74) is 4.95. The van der Waals surface area contributed by atoms with Gasteiger partial charge in [-0.3, -0.25) is 14.4 Å². The normalized spacial score (nSPS) is 12.3. The summed E-state index contributed by atoms with van der Waals surface area (Å²) in [6.45, 7) is 1.68. The average Bonchev–Trinajstić information content (AvgIpc) is 3.40. The highest BCUT2D eigenvalue weighted by atomic mass is 35.5. The second-order valence-corrected chi connectivity index (χ2v) is 9.45. The van der Waals surface area contributed by atoms with Crippen molar-refractivity contribution in [1.29, 1.82) is 0 Å². The smallest absolute Gasteiger partial charge is 0.452 e. The minimum atomic E-state index is -4.76. The first-order valence-corrected chi connectivity index (χ1v) is 12.5. The number of nitrogens with two attached hydrogens (primary N) is 1. The Morgan fingerprint density at radius 2 is 1.83 bits per heavy atom. The van der Waals surface area contributed by atoms with E-state index in [-0.39, 0.29) is 57.1 Å². The maximum Gasteiger partial charge on any atom is 0.452 e. The molecule has 0 aliphatic rings. The van der Waals surface area contributed by atoms with E-state index in [1.807, 2.05) is 0 Å². The van der Waals surface area contributed by atoms with Crippen LogP contribution in [0.25, 0.3) is 22.4 Å². The summed E-state index contributed by atoms with van der Waals surface area (Å²) in [5, 5.41) is 3.76. The van der Waals surface area contributed by atoms with Crippen LogP contribution >= 0.6 is 11.6 Å². The summed E-state index contributed by atoms with van der Waals surface area (Å²) in [4.78, 5) is 37.8. The lowest BCUT2D eigenvalue weighted by atomic mass is 9.96. The lowest BCUT2D eigenvalue weighted by Gasteiger charge is -2.20. The molecule has 1 unspecified atom stereocenters. The molecule has 4 aromatic rings. The lowest BCUT2D eigenvalue weighted by Crippen LogP contribution is -2.30. The van der Waals surface area contributed by atoms with E-state index < -0.39 is 41.0 Å². The van der Waals surface area contributed by atoms with E-state index in [1.165, 1.54) is 54.3 Å². The SMILES string of the molecule is CCC(C(=O)Cc1ccc(C(N)=O)c(F)c1)n1cc(OC)c(-c2cc(Cl)ccc2-c2cc(C(F)(F)F)on2)cc1=O. The van der Waals surface area contributed by atoms with Gasteiger partial charge in [0.15, 0.2) is 5.78 Å². The molecule has 13 heteroatoms. The van der Waals surface area contributed by atoms with Crippen molar-refractivity contribution in [3.05, 3.63) is 92.8 Å². The van der Waals surface area contributed by atoms with Crippen LogP contribution in [-0.4, -0.2) is 28.5 Å². The molecule has 214 valence electrons. The molecule has 0 aliphatic carbocycles. The third-order valence-electron chi connectivity index (χ3n) is 6.37. The molecule has 2 aromatic carbocycles. The van der Waals surface area contributed by atoms with Gasteiger partial charge < -0.3 is 19.6 Å². The van der Waals surface area contributed by atoms with Gasteiger partial charge in [-0.1, -0.05) is 35.8 Å². The number of ether oxygens (including phenoxy) is 1. The molecule has 2 aromatic heterocycles. The number of benzene rings is 2. The fourth-order valence-corrected chi connectivity index (χ4v) is 4.58. The lowest BCUT2D eigenvalue weighted by molar-refractivity contribution is -0.155. The molecule has 0 saturated carbocycles. The van der Waals surface area contributed by atoms with Gasteiger partial charge >= 0.3 is 6.18 Å². The minimum Gasteiger partial charge on any atom is -0.495 e. The van der Waals surface area contributed by atoms with Crippen LogP contribution in [0.3, 0.4) is 0 Å². The molecule has 0 radical (unpaired) electrons. The first-order valence-electron chi connectivity index (χ1n) is 12.1. The van der Waals surface area contributed by atoms with Crippen LogP contribution in [0.4, 0.5) is 17.6 Å². The number of primary amides is 1. The fourth-order valence-electron chi connectivity index (χ4n) is 4.41. The number of nitrogens with zero attached hydrogens (tertiary/aromatic N) is 2. The molecule has 0 saturated heterocycles. The number of rotatable bonds is 9. The zero-order chi connectivity index (χ0) is 30.1. The van der Waals surface area contributed by atoms with Gasteiger partial charge in [-0.05, 0) is 41.8 Å². The second kappa shape index (κ2) is 11.6. The van der Waals surface area contributed by atoms with Crippen molar-refractivity contribution < 1.29 is 36.4 Å². The molecule has 1 atom stereocenters. The summed E-state index contributed by atoms with van der Waals surface area (Å²) >= 11 is 6.18. The van der Waals surface area contributed by atoms with E-state index in [1.54, 1.807) is 6.92 Å². The predicted molar refractivity (Wildman–Crippen MR) is 141 cm³/mol. The Morgan fingerprint density at radius 1 is 1.10 bits per heavy atom. The first kappa shape index (κ1) is 29.5. The van der Waals surface area contributed by atoms with E-state index in [4.69, 9.17) is 22.1 Å². The molecule has 41 heavy (non-hydrogen) atoms. The number of ketones is 1. The van der Waals surface area contributed by atoms with Gasteiger partial charge in [0.05, 0.1) is 24.9 Å². The number of hydrogen-bond donors (Lipinski definition) is 1. The van der Waals surface area contributed by atoms with Gasteiger partial charge in [0.1, 0.15) is 17.3 Å². The molecule has 0 fully saturated rings. The highest BCUT2D eigenvalue weighted by Crippen LogP contribution is 2.40. The fraction of sp³-hybridized carbons (Fsp3) is 0.214. The minimum absolute atomic E-state index is 0.121. The van der Waals surface area contributed by atoms with Crippen molar-refractivity contribution in [3.8, 4) is 28.1 Å². The number of carbonyl (C=O) groups excluding carboxylic acids is 2. The summed E-state index contributed by atoms with van der Waals surface area (Å²) < 4.78 is 64.7. The zero-order valence-electron chi connectivity index (χ0n) is 21.6. The van der Waals surface area contributed by atoms with Gasteiger partial charge in [0.2, 0.25) is 5.76 Å². The maximum atomic E-state index is 14.2. The maximum absolute atomic E-state index is 14.2. The Labute approximate surface area is 235 Å². The number of aromatic nitrogens is 2. The number of carbonyl (C=O) groups is 2. The van der Waals surface area contributed by atoms with Crippen molar-refractivity contribution in [2.75, 3.05) is 7.11 Å². The van der Waals surface area contributed by atoms with Crippen LogP contribution in [0.1, 0.15) is 41.1 Å². The number of halogens is 5. The molecule has 4 rings (SSSR count). The Kier molecular flexibility index (Phi) is 8.34. The Bertz CT molecular complexity index is 1700. The largest absolute Gasteiger partial charge is 0.495 e. The van der Waals surface area contributed by atoms with Crippen LogP contribution in [0.5, 0.6) is 5.75 Å². The van der Waals surface area contributed by atoms with E-state index in [0.29, 0.717) is 0 Å². The Hall–Kier alpha value is -4.45. The van der Waals surface area contributed by atoms with Gasteiger partial charge in [-0.25, -0.2) is 4.39 Å². The molecular formula is C28H22ClF4N3O5. The van der Waals surface area contributed by atoms with Crippen molar-refractivity contribution in [1.82, 2.24) is 9.72 Å². The molecule has 2 N–H and O–H groups in total. The van der Waals surface area contributed by atoms with E-state index in [2.05, 4.69) is 9.68 Å². The van der Waals surface area contributed by atoms with Crippen molar-refractivity contribution in [2.24, 2.45) is 5.73 Å². The van der Waals surface area contributed by atoms with Crippen molar-refractivity contribution in [2.45, 2.75) is 32.0 Å². The van der Waals surface area contributed by atoms with Crippen molar-refractivity contribution >= 4 is 23.3 Å². The third-order valence-corrected chi connectivity index (χ3v) is 6.61. The summed E-state index contributed by atoms with van der Waals surface area (Å²) in [6, 6.07) is 8.87. The summed E-state index contributed by atoms with van der Waals surface area (Å²) in [7, 11) is 1.32. The number of alkyl halides is 3. The van der Waals surface area contributed by atoms with E-state index in [0.717, 1.165) is 12.1 Å². The molecule has 8 nitrogen and oxygen atoms in total. The predicted octanol–water partition coefficient (Wildman–Crippen LogP) is 5.85. The third kappa shape index (κ3) is 6.17. The van der Waals surface area contributed by atoms with Crippen LogP contribution in [-0.2, 0) is 17.4 Å².